The van der Waals surface area contributed by atoms with Crippen LogP contribution in [0.5, 0.6) is 0 Å². The molecule has 0 saturated carbocycles. The van der Waals surface area contributed by atoms with E-state index in [1.165, 1.54) is 29.4 Å². The van der Waals surface area contributed by atoms with E-state index >= 15 is 0 Å². The third-order valence-electron chi connectivity index (χ3n) is 4.23. The fraction of sp³-hybridized carbons (Fsp3) is 0.227. The largest absolute Gasteiger partial charge is 0.260 e. The van der Waals surface area contributed by atoms with E-state index in [4.69, 9.17) is 6.42 Å². The molecule has 0 aliphatic rings. The number of fused-ring (bicyclic) bond motifs is 1. The average Bonchev–Trinajstić information content (AvgIpc) is 2.61. The quantitative estimate of drug-likeness (QED) is 0.594. The molecule has 0 unspecified atom stereocenters. The van der Waals surface area contributed by atoms with E-state index in [2.05, 4.69) is 54.2 Å². The van der Waals surface area contributed by atoms with Gasteiger partial charge in [0.1, 0.15) is 0 Å². The van der Waals surface area contributed by atoms with Gasteiger partial charge in [-0.05, 0) is 47.6 Å². The fourth-order valence-corrected chi connectivity index (χ4v) is 2.86. The summed E-state index contributed by atoms with van der Waals surface area (Å²) in [6.45, 7) is 2.23. The predicted octanol–water partition coefficient (Wildman–Crippen LogP) is 5.15. The summed E-state index contributed by atoms with van der Waals surface area (Å²) in [4.78, 5) is 4.58. The van der Waals surface area contributed by atoms with Crippen molar-refractivity contribution in [2.75, 3.05) is 0 Å². The molecular weight excluding hydrogens is 278 g/mol. The number of aromatic nitrogens is 1. The van der Waals surface area contributed by atoms with Crippen molar-refractivity contribution in [1.29, 1.82) is 0 Å². The van der Waals surface area contributed by atoms with E-state index in [1.807, 2.05) is 18.3 Å². The van der Waals surface area contributed by atoms with Crippen LogP contribution in [-0.2, 0) is 12.8 Å². The van der Waals surface area contributed by atoms with Crippen LogP contribution in [0.15, 0.2) is 54.7 Å². The Hall–Kier alpha value is -2.59. The Labute approximate surface area is 138 Å². The van der Waals surface area contributed by atoms with E-state index in [-0.39, 0.29) is 0 Å². The Balaban J connectivity index is 1.87. The van der Waals surface area contributed by atoms with E-state index in [9.17, 15) is 0 Å². The fourth-order valence-electron chi connectivity index (χ4n) is 2.86. The highest BCUT2D eigenvalue weighted by Crippen LogP contribution is 2.21. The highest BCUT2D eigenvalue weighted by molar-refractivity contribution is 5.86. The Kier molecular flexibility index (Phi) is 4.74. The highest BCUT2D eigenvalue weighted by Gasteiger charge is 2.05. The second-order valence-corrected chi connectivity index (χ2v) is 5.93. The minimum atomic E-state index is 0.833. The third kappa shape index (κ3) is 3.60. The normalized spacial score (nSPS) is 10.6. The lowest BCUT2D eigenvalue weighted by Crippen LogP contribution is -1.95. The molecule has 23 heavy (non-hydrogen) atoms. The van der Waals surface area contributed by atoms with Crippen LogP contribution in [0.3, 0.4) is 0 Å². The Morgan fingerprint density at radius 3 is 2.52 bits per heavy atom. The van der Waals surface area contributed by atoms with E-state index in [0.29, 0.717) is 0 Å². The SMILES string of the molecule is C#Cc1ccc2ccnc(Cc3ccc(CCCC)cc3)c2c1. The number of pyridine rings is 1. The smallest absolute Gasteiger partial charge is 0.0526 e. The molecule has 3 rings (SSSR count). The molecule has 1 heteroatoms. The minimum absolute atomic E-state index is 0.833. The number of hydrogen-bond donors (Lipinski definition) is 0. The molecule has 0 fully saturated rings. The van der Waals surface area contributed by atoms with Gasteiger partial charge >= 0.3 is 0 Å². The van der Waals surface area contributed by atoms with Crippen molar-refractivity contribution in [1.82, 2.24) is 4.98 Å². The molecule has 0 saturated heterocycles. The van der Waals surface area contributed by atoms with Gasteiger partial charge in [-0.3, -0.25) is 4.98 Å². The van der Waals surface area contributed by atoms with E-state index in [0.717, 1.165) is 29.5 Å². The maximum atomic E-state index is 5.53. The van der Waals surface area contributed by atoms with Crippen LogP contribution in [0.1, 0.15) is 42.1 Å². The maximum absolute atomic E-state index is 5.53. The highest BCUT2D eigenvalue weighted by atomic mass is 14.7. The number of unbranched alkanes of at least 4 members (excludes halogenated alkanes) is 1. The topological polar surface area (TPSA) is 12.9 Å². The Morgan fingerprint density at radius 1 is 1.00 bits per heavy atom. The van der Waals surface area contributed by atoms with Crippen molar-refractivity contribution in [3.05, 3.63) is 77.1 Å². The summed E-state index contributed by atoms with van der Waals surface area (Å²) in [5.74, 6) is 2.71. The Bertz CT molecular complexity index is 838. The second kappa shape index (κ2) is 7.11. The standard InChI is InChI=1S/C22H21N/c1-3-5-6-18-7-9-19(10-8-18)16-22-21-15-17(4-2)11-12-20(21)13-14-23-22/h2,7-15H,3,5-6,16H2,1H3. The first-order valence-corrected chi connectivity index (χ1v) is 8.22. The van der Waals surface area contributed by atoms with Gasteiger partial charge < -0.3 is 0 Å². The molecule has 1 heterocycles. The molecule has 0 spiro atoms. The molecule has 0 aliphatic heterocycles. The molecule has 2 aromatic carbocycles. The first-order chi connectivity index (χ1) is 11.3. The molecule has 0 aliphatic carbocycles. The third-order valence-corrected chi connectivity index (χ3v) is 4.23. The zero-order chi connectivity index (χ0) is 16.1. The van der Waals surface area contributed by atoms with Gasteiger partial charge in [0, 0.05) is 23.6 Å². The molecule has 0 atom stereocenters. The molecule has 1 nitrogen and oxygen atoms in total. The van der Waals surface area contributed by atoms with Crippen LogP contribution < -0.4 is 0 Å². The number of aryl methyl sites for hydroxylation is 1. The van der Waals surface area contributed by atoms with Gasteiger partial charge in [0.25, 0.3) is 0 Å². The predicted molar refractivity (Wildman–Crippen MR) is 97.5 cm³/mol. The summed E-state index contributed by atoms with van der Waals surface area (Å²) >= 11 is 0. The van der Waals surface area contributed by atoms with Crippen LogP contribution >= 0.6 is 0 Å². The van der Waals surface area contributed by atoms with Gasteiger partial charge in [-0.2, -0.15) is 0 Å². The van der Waals surface area contributed by atoms with Crippen LogP contribution in [0, 0.1) is 12.3 Å². The van der Waals surface area contributed by atoms with Crippen LogP contribution in [-0.4, -0.2) is 4.98 Å². The van der Waals surface area contributed by atoms with Gasteiger partial charge in [-0.1, -0.05) is 49.6 Å². The number of terminal acetylenes is 1. The van der Waals surface area contributed by atoms with Gasteiger partial charge in [0.2, 0.25) is 0 Å². The summed E-state index contributed by atoms with van der Waals surface area (Å²) in [5, 5.41) is 2.34. The number of benzene rings is 2. The first kappa shape index (κ1) is 15.3. The summed E-state index contributed by atoms with van der Waals surface area (Å²) in [7, 11) is 0. The van der Waals surface area contributed by atoms with Crippen molar-refractivity contribution in [3.8, 4) is 12.3 Å². The van der Waals surface area contributed by atoms with Crippen molar-refractivity contribution in [2.24, 2.45) is 0 Å². The summed E-state index contributed by atoms with van der Waals surface area (Å²) in [6.07, 6.45) is 11.9. The summed E-state index contributed by atoms with van der Waals surface area (Å²) in [6, 6.07) is 17.1. The van der Waals surface area contributed by atoms with Gasteiger partial charge in [0.15, 0.2) is 0 Å². The number of nitrogens with zero attached hydrogens (tertiary/aromatic N) is 1. The molecular formula is C22H21N. The van der Waals surface area contributed by atoms with Crippen LogP contribution in [0.4, 0.5) is 0 Å². The maximum Gasteiger partial charge on any atom is 0.0526 e. The summed E-state index contributed by atoms with van der Waals surface area (Å²) in [5.41, 5.74) is 4.69. The molecule has 3 aromatic rings. The van der Waals surface area contributed by atoms with E-state index in [1.54, 1.807) is 0 Å². The molecule has 0 radical (unpaired) electrons. The van der Waals surface area contributed by atoms with Crippen molar-refractivity contribution in [2.45, 2.75) is 32.6 Å². The number of rotatable bonds is 5. The molecule has 0 N–H and O–H groups in total. The minimum Gasteiger partial charge on any atom is -0.260 e. The molecule has 114 valence electrons. The van der Waals surface area contributed by atoms with Crippen molar-refractivity contribution < 1.29 is 0 Å². The first-order valence-electron chi connectivity index (χ1n) is 8.22. The van der Waals surface area contributed by atoms with Gasteiger partial charge in [-0.25, -0.2) is 0 Å². The molecule has 0 bridgehead atoms. The lowest BCUT2D eigenvalue weighted by Gasteiger charge is -2.07. The zero-order valence-electron chi connectivity index (χ0n) is 13.5. The Morgan fingerprint density at radius 2 is 1.78 bits per heavy atom. The molecule has 1 aromatic heterocycles. The molecule has 0 amide bonds. The lowest BCUT2D eigenvalue weighted by molar-refractivity contribution is 0.794. The zero-order valence-corrected chi connectivity index (χ0v) is 13.5. The van der Waals surface area contributed by atoms with E-state index < -0.39 is 0 Å². The number of hydrogen-bond acceptors (Lipinski definition) is 1. The summed E-state index contributed by atoms with van der Waals surface area (Å²) < 4.78 is 0. The van der Waals surface area contributed by atoms with Gasteiger partial charge in [-0.15, -0.1) is 6.42 Å². The van der Waals surface area contributed by atoms with Crippen LogP contribution in [0.25, 0.3) is 10.8 Å². The van der Waals surface area contributed by atoms with Crippen LogP contribution in [0.2, 0.25) is 0 Å². The average molecular weight is 299 g/mol. The van der Waals surface area contributed by atoms with Gasteiger partial charge in [0.05, 0.1) is 5.69 Å². The second-order valence-electron chi connectivity index (χ2n) is 5.93. The van der Waals surface area contributed by atoms with Crippen molar-refractivity contribution >= 4 is 10.8 Å². The lowest BCUT2D eigenvalue weighted by atomic mass is 10.00. The monoisotopic (exact) mass is 299 g/mol. The van der Waals surface area contributed by atoms with Crippen molar-refractivity contribution in [3.63, 3.8) is 0 Å².